The first-order valence-electron chi connectivity index (χ1n) is 6.64. The Hall–Kier alpha value is -1.88. The summed E-state index contributed by atoms with van der Waals surface area (Å²) in [5, 5.41) is 10.8. The second kappa shape index (κ2) is 6.33. The Kier molecular flexibility index (Phi) is 4.52. The predicted octanol–water partition coefficient (Wildman–Crippen LogP) is 3.18. The minimum Gasteiger partial charge on any atom is -0.406 e. The molecule has 5 nitrogen and oxygen atoms in total. The predicted molar refractivity (Wildman–Crippen MR) is 75.2 cm³/mol. The summed E-state index contributed by atoms with van der Waals surface area (Å²) in [7, 11) is 0. The minimum atomic E-state index is -0.250. The Labute approximate surface area is 113 Å². The van der Waals surface area contributed by atoms with E-state index < -0.39 is 0 Å². The molecule has 0 aliphatic carbocycles. The molecule has 102 valence electrons. The van der Waals surface area contributed by atoms with E-state index in [-0.39, 0.29) is 6.04 Å². The maximum atomic E-state index is 5.66. The van der Waals surface area contributed by atoms with Crippen molar-refractivity contribution in [3.05, 3.63) is 35.7 Å². The van der Waals surface area contributed by atoms with Crippen LogP contribution in [0.1, 0.15) is 44.2 Å². The van der Waals surface area contributed by atoms with Crippen LogP contribution >= 0.6 is 0 Å². The van der Waals surface area contributed by atoms with Crippen molar-refractivity contribution in [2.24, 2.45) is 5.73 Å². The SMILES string of the molecule is CCCCc1ccc(Nc2nnc(C(C)N)o2)cc1. The third-order valence-corrected chi connectivity index (χ3v) is 2.85. The van der Waals surface area contributed by atoms with Gasteiger partial charge in [0.15, 0.2) is 0 Å². The van der Waals surface area contributed by atoms with Gasteiger partial charge < -0.3 is 15.5 Å². The summed E-state index contributed by atoms with van der Waals surface area (Å²) in [6.45, 7) is 4.00. The lowest BCUT2D eigenvalue weighted by Gasteiger charge is -2.03. The molecule has 2 aromatic rings. The average molecular weight is 260 g/mol. The topological polar surface area (TPSA) is 77.0 Å². The third kappa shape index (κ3) is 3.79. The number of unbranched alkanes of at least 4 members (excludes halogenated alkanes) is 1. The van der Waals surface area contributed by atoms with Gasteiger partial charge in [-0.05, 0) is 37.5 Å². The Morgan fingerprint density at radius 1 is 1.26 bits per heavy atom. The van der Waals surface area contributed by atoms with Crippen LogP contribution in [0.25, 0.3) is 0 Å². The van der Waals surface area contributed by atoms with Crippen LogP contribution in [0, 0.1) is 0 Å². The van der Waals surface area contributed by atoms with E-state index in [4.69, 9.17) is 10.2 Å². The number of hydrogen-bond acceptors (Lipinski definition) is 5. The molecule has 0 bridgehead atoms. The number of nitrogens with one attached hydrogen (secondary N) is 1. The molecule has 19 heavy (non-hydrogen) atoms. The molecule has 0 amide bonds. The maximum absolute atomic E-state index is 5.66. The number of hydrogen-bond donors (Lipinski definition) is 2. The molecule has 0 aliphatic rings. The lowest BCUT2D eigenvalue weighted by Crippen LogP contribution is -2.04. The van der Waals surface area contributed by atoms with Crippen LogP contribution in [-0.4, -0.2) is 10.2 Å². The molecule has 1 aromatic carbocycles. The first-order chi connectivity index (χ1) is 9.19. The molecule has 1 atom stereocenters. The third-order valence-electron chi connectivity index (χ3n) is 2.85. The normalized spacial score (nSPS) is 12.4. The molecule has 0 fully saturated rings. The molecule has 0 saturated heterocycles. The van der Waals surface area contributed by atoms with Crippen LogP contribution in [0.2, 0.25) is 0 Å². The first kappa shape index (κ1) is 13.5. The van der Waals surface area contributed by atoms with Gasteiger partial charge in [0.2, 0.25) is 5.89 Å². The van der Waals surface area contributed by atoms with E-state index in [9.17, 15) is 0 Å². The second-order valence-electron chi connectivity index (χ2n) is 4.66. The van der Waals surface area contributed by atoms with Crippen LogP contribution in [0.5, 0.6) is 0 Å². The molecule has 5 heteroatoms. The summed E-state index contributed by atoms with van der Waals surface area (Å²) in [6.07, 6.45) is 3.54. The van der Waals surface area contributed by atoms with Gasteiger partial charge in [0.1, 0.15) is 0 Å². The highest BCUT2D eigenvalue weighted by Gasteiger charge is 2.09. The molecular formula is C14H20N4O. The highest BCUT2D eigenvalue weighted by Crippen LogP contribution is 2.18. The summed E-state index contributed by atoms with van der Waals surface area (Å²) in [6, 6.07) is 8.37. The zero-order valence-electron chi connectivity index (χ0n) is 11.4. The number of anilines is 2. The fourth-order valence-electron chi connectivity index (χ4n) is 1.73. The number of aryl methyl sites for hydroxylation is 1. The van der Waals surface area contributed by atoms with Crippen molar-refractivity contribution in [2.45, 2.75) is 39.2 Å². The van der Waals surface area contributed by atoms with Crippen LogP contribution in [0.15, 0.2) is 28.7 Å². The summed E-state index contributed by atoms with van der Waals surface area (Å²) < 4.78 is 5.39. The van der Waals surface area contributed by atoms with E-state index in [0.29, 0.717) is 11.9 Å². The zero-order valence-corrected chi connectivity index (χ0v) is 11.4. The zero-order chi connectivity index (χ0) is 13.7. The van der Waals surface area contributed by atoms with Gasteiger partial charge in [0.25, 0.3) is 0 Å². The van der Waals surface area contributed by atoms with Crippen molar-refractivity contribution >= 4 is 11.7 Å². The average Bonchev–Trinajstić information content (AvgIpc) is 2.87. The van der Waals surface area contributed by atoms with Crippen molar-refractivity contribution in [2.75, 3.05) is 5.32 Å². The largest absolute Gasteiger partial charge is 0.406 e. The lowest BCUT2D eigenvalue weighted by atomic mass is 10.1. The van der Waals surface area contributed by atoms with E-state index in [1.54, 1.807) is 6.92 Å². The van der Waals surface area contributed by atoms with Gasteiger partial charge in [-0.15, -0.1) is 5.10 Å². The van der Waals surface area contributed by atoms with Crippen molar-refractivity contribution in [1.82, 2.24) is 10.2 Å². The fourth-order valence-corrected chi connectivity index (χ4v) is 1.73. The van der Waals surface area contributed by atoms with Crippen LogP contribution < -0.4 is 11.1 Å². The van der Waals surface area contributed by atoms with Gasteiger partial charge in [-0.1, -0.05) is 30.6 Å². The number of rotatable bonds is 6. The lowest BCUT2D eigenvalue weighted by molar-refractivity contribution is 0.475. The molecule has 0 saturated carbocycles. The Balaban J connectivity index is 1.98. The molecule has 1 unspecified atom stereocenters. The van der Waals surface area contributed by atoms with Gasteiger partial charge in [-0.2, -0.15) is 0 Å². The van der Waals surface area contributed by atoms with E-state index in [2.05, 4.69) is 34.6 Å². The van der Waals surface area contributed by atoms with Gasteiger partial charge in [0, 0.05) is 5.69 Å². The molecule has 1 aromatic heterocycles. The minimum absolute atomic E-state index is 0.250. The van der Waals surface area contributed by atoms with Gasteiger partial charge in [-0.3, -0.25) is 0 Å². The number of benzene rings is 1. The molecule has 0 spiro atoms. The standard InChI is InChI=1S/C14H20N4O/c1-3-4-5-11-6-8-12(9-7-11)16-14-18-17-13(19-14)10(2)15/h6-10H,3-5,15H2,1-2H3,(H,16,18). The van der Waals surface area contributed by atoms with Crippen LogP contribution in [0.3, 0.4) is 0 Å². The van der Waals surface area contributed by atoms with Crippen molar-refractivity contribution in [1.29, 1.82) is 0 Å². The molecule has 1 heterocycles. The van der Waals surface area contributed by atoms with E-state index in [0.717, 1.165) is 12.1 Å². The molecule has 0 radical (unpaired) electrons. The van der Waals surface area contributed by atoms with E-state index in [1.165, 1.54) is 18.4 Å². The quantitative estimate of drug-likeness (QED) is 0.834. The van der Waals surface area contributed by atoms with Crippen LogP contribution in [-0.2, 0) is 6.42 Å². The van der Waals surface area contributed by atoms with E-state index >= 15 is 0 Å². The highest BCUT2D eigenvalue weighted by molar-refractivity contribution is 5.52. The van der Waals surface area contributed by atoms with Crippen molar-refractivity contribution < 1.29 is 4.42 Å². The first-order valence-corrected chi connectivity index (χ1v) is 6.64. The molecule has 2 rings (SSSR count). The van der Waals surface area contributed by atoms with Crippen molar-refractivity contribution in [3.8, 4) is 0 Å². The maximum Gasteiger partial charge on any atom is 0.320 e. The van der Waals surface area contributed by atoms with Crippen LogP contribution in [0.4, 0.5) is 11.7 Å². The molecule has 3 N–H and O–H groups in total. The Morgan fingerprint density at radius 3 is 2.58 bits per heavy atom. The molecular weight excluding hydrogens is 240 g/mol. The van der Waals surface area contributed by atoms with Gasteiger partial charge in [0.05, 0.1) is 6.04 Å². The fraction of sp³-hybridized carbons (Fsp3) is 0.429. The van der Waals surface area contributed by atoms with E-state index in [1.807, 2.05) is 12.1 Å². The number of nitrogens with zero attached hydrogens (tertiary/aromatic N) is 2. The summed E-state index contributed by atoms with van der Waals surface area (Å²) in [5.41, 5.74) is 7.94. The number of nitrogens with two attached hydrogens (primary N) is 1. The Morgan fingerprint density at radius 2 is 2.00 bits per heavy atom. The Bertz CT molecular complexity index is 504. The number of aromatic nitrogens is 2. The summed E-state index contributed by atoms with van der Waals surface area (Å²) >= 11 is 0. The van der Waals surface area contributed by atoms with Gasteiger partial charge >= 0.3 is 6.01 Å². The summed E-state index contributed by atoms with van der Waals surface area (Å²) in [5.74, 6) is 0.432. The second-order valence-corrected chi connectivity index (χ2v) is 4.66. The smallest absolute Gasteiger partial charge is 0.320 e. The molecule has 0 aliphatic heterocycles. The van der Waals surface area contributed by atoms with Crippen molar-refractivity contribution in [3.63, 3.8) is 0 Å². The highest BCUT2D eigenvalue weighted by atomic mass is 16.4. The summed E-state index contributed by atoms with van der Waals surface area (Å²) in [4.78, 5) is 0. The monoisotopic (exact) mass is 260 g/mol. The van der Waals surface area contributed by atoms with Gasteiger partial charge in [-0.25, -0.2) is 0 Å².